The maximum absolute atomic E-state index is 12.6. The molecule has 3 saturated heterocycles. The van der Waals surface area contributed by atoms with Crippen LogP contribution in [0.15, 0.2) is 0 Å². The third kappa shape index (κ3) is 1.88. The van der Waals surface area contributed by atoms with Crippen molar-refractivity contribution in [2.24, 2.45) is 11.1 Å². The normalized spacial score (nSPS) is 38.3. The topological polar surface area (TPSA) is 87.9 Å². The number of nitrogens with two attached hydrogens (primary N) is 1. The molecule has 3 unspecified atom stereocenters. The highest BCUT2D eigenvalue weighted by molar-refractivity contribution is 5.84. The van der Waals surface area contributed by atoms with Gasteiger partial charge >= 0.3 is 6.03 Å². The number of urea groups is 1. The Kier molecular flexibility index (Phi) is 2.90. The molecular formula is C12H20N4O3. The summed E-state index contributed by atoms with van der Waals surface area (Å²) in [7, 11) is 0. The molecule has 0 aromatic carbocycles. The molecule has 7 nitrogen and oxygen atoms in total. The minimum atomic E-state index is -0.627. The van der Waals surface area contributed by atoms with E-state index in [0.29, 0.717) is 39.4 Å². The van der Waals surface area contributed by atoms with E-state index in [1.54, 1.807) is 4.90 Å². The monoisotopic (exact) mass is 268 g/mol. The van der Waals surface area contributed by atoms with Crippen LogP contribution in [-0.2, 0) is 9.53 Å². The maximum atomic E-state index is 12.6. The first-order valence-electron chi connectivity index (χ1n) is 6.69. The Hall–Kier alpha value is -1.34. The number of rotatable bonds is 1. The van der Waals surface area contributed by atoms with Crippen molar-refractivity contribution in [3.63, 3.8) is 0 Å². The van der Waals surface area contributed by atoms with E-state index in [0.717, 1.165) is 0 Å². The third-order valence-electron chi connectivity index (χ3n) is 4.53. The number of ether oxygens (including phenoxy) is 1. The SMILES string of the molecule is CC1(C(=O)N2CCN3C(=O)NCC3C2)COCC1N. The molecule has 3 heterocycles. The van der Waals surface area contributed by atoms with Gasteiger partial charge < -0.3 is 25.6 Å². The van der Waals surface area contributed by atoms with Crippen LogP contribution in [0.25, 0.3) is 0 Å². The van der Waals surface area contributed by atoms with Crippen LogP contribution in [0.4, 0.5) is 4.79 Å². The number of hydrogen-bond donors (Lipinski definition) is 2. The van der Waals surface area contributed by atoms with Crippen molar-refractivity contribution in [3.8, 4) is 0 Å². The fraction of sp³-hybridized carbons (Fsp3) is 0.833. The summed E-state index contributed by atoms with van der Waals surface area (Å²) in [6, 6.07) is -0.182. The average Bonchev–Trinajstić information content (AvgIpc) is 2.94. The molecule has 0 radical (unpaired) electrons. The van der Waals surface area contributed by atoms with Gasteiger partial charge in [-0.05, 0) is 6.92 Å². The molecule has 3 N–H and O–H groups in total. The predicted molar refractivity (Wildman–Crippen MR) is 67.4 cm³/mol. The standard InChI is InChI=1S/C12H20N4O3/c1-12(7-19-6-9(12)13)10(17)15-2-3-16-8(5-15)4-14-11(16)18/h8-9H,2-7,13H2,1H3,(H,14,18). The first-order chi connectivity index (χ1) is 9.02. The first kappa shape index (κ1) is 12.7. The number of nitrogens with zero attached hydrogens (tertiary/aromatic N) is 2. The second-order valence-corrected chi connectivity index (χ2v) is 5.82. The molecule has 0 spiro atoms. The molecule has 3 aliphatic rings. The Morgan fingerprint density at radius 1 is 1.53 bits per heavy atom. The van der Waals surface area contributed by atoms with Crippen LogP contribution in [0.1, 0.15) is 6.92 Å². The van der Waals surface area contributed by atoms with E-state index in [2.05, 4.69) is 5.32 Å². The average molecular weight is 268 g/mol. The zero-order chi connectivity index (χ0) is 13.6. The zero-order valence-corrected chi connectivity index (χ0v) is 11.1. The van der Waals surface area contributed by atoms with Gasteiger partial charge in [0.2, 0.25) is 5.91 Å². The first-order valence-corrected chi connectivity index (χ1v) is 6.69. The lowest BCUT2D eigenvalue weighted by molar-refractivity contribution is -0.144. The summed E-state index contributed by atoms with van der Waals surface area (Å²) in [5.41, 5.74) is 5.37. The van der Waals surface area contributed by atoms with E-state index in [4.69, 9.17) is 10.5 Å². The lowest BCUT2D eigenvalue weighted by atomic mass is 9.84. The van der Waals surface area contributed by atoms with E-state index in [9.17, 15) is 9.59 Å². The Labute approximate surface area is 112 Å². The van der Waals surface area contributed by atoms with E-state index in [1.807, 2.05) is 11.8 Å². The molecule has 0 bridgehead atoms. The van der Waals surface area contributed by atoms with Crippen molar-refractivity contribution in [2.75, 3.05) is 39.4 Å². The molecular weight excluding hydrogens is 248 g/mol. The fourth-order valence-corrected chi connectivity index (χ4v) is 3.06. The minimum Gasteiger partial charge on any atom is -0.379 e. The van der Waals surface area contributed by atoms with E-state index in [1.165, 1.54) is 0 Å². The number of fused-ring (bicyclic) bond motifs is 1. The van der Waals surface area contributed by atoms with Crippen molar-refractivity contribution < 1.29 is 14.3 Å². The number of hydrogen-bond acceptors (Lipinski definition) is 4. The quantitative estimate of drug-likeness (QED) is 0.611. The van der Waals surface area contributed by atoms with Crippen LogP contribution in [0.2, 0.25) is 0 Å². The third-order valence-corrected chi connectivity index (χ3v) is 4.53. The molecule has 7 heteroatoms. The number of carbonyl (C=O) groups is 2. The Balaban J connectivity index is 1.70. The smallest absolute Gasteiger partial charge is 0.317 e. The van der Waals surface area contributed by atoms with Crippen LogP contribution in [0, 0.1) is 5.41 Å². The van der Waals surface area contributed by atoms with Gasteiger partial charge in [-0.1, -0.05) is 0 Å². The Bertz CT molecular complexity index is 416. The highest BCUT2D eigenvalue weighted by atomic mass is 16.5. The van der Waals surface area contributed by atoms with Crippen LogP contribution in [-0.4, -0.2) is 73.2 Å². The molecule has 19 heavy (non-hydrogen) atoms. The zero-order valence-electron chi connectivity index (χ0n) is 11.1. The maximum Gasteiger partial charge on any atom is 0.317 e. The second-order valence-electron chi connectivity index (χ2n) is 5.82. The summed E-state index contributed by atoms with van der Waals surface area (Å²) in [5.74, 6) is 0.0523. The highest BCUT2D eigenvalue weighted by Crippen LogP contribution is 2.30. The lowest BCUT2D eigenvalue weighted by Gasteiger charge is -2.40. The summed E-state index contributed by atoms with van der Waals surface area (Å²) in [5, 5.41) is 2.81. The van der Waals surface area contributed by atoms with Crippen molar-refractivity contribution >= 4 is 11.9 Å². The summed E-state index contributed by atoms with van der Waals surface area (Å²) in [6.07, 6.45) is 0. The Morgan fingerprint density at radius 3 is 3.00 bits per heavy atom. The van der Waals surface area contributed by atoms with E-state index in [-0.39, 0.29) is 24.0 Å². The van der Waals surface area contributed by atoms with Gasteiger partial charge in [-0.15, -0.1) is 0 Å². The minimum absolute atomic E-state index is 0.0239. The van der Waals surface area contributed by atoms with Crippen molar-refractivity contribution in [1.29, 1.82) is 0 Å². The van der Waals surface area contributed by atoms with Gasteiger partial charge in [-0.25, -0.2) is 4.79 Å². The van der Waals surface area contributed by atoms with Gasteiger partial charge in [0.25, 0.3) is 0 Å². The van der Waals surface area contributed by atoms with E-state index >= 15 is 0 Å². The van der Waals surface area contributed by atoms with Crippen molar-refractivity contribution in [2.45, 2.75) is 19.0 Å². The molecule has 3 aliphatic heterocycles. The van der Waals surface area contributed by atoms with Crippen LogP contribution >= 0.6 is 0 Å². The number of piperazine rings is 1. The van der Waals surface area contributed by atoms with Crippen LogP contribution < -0.4 is 11.1 Å². The summed E-state index contributed by atoms with van der Waals surface area (Å²) < 4.78 is 5.34. The summed E-state index contributed by atoms with van der Waals surface area (Å²) in [6.45, 7) is 5.05. The fourth-order valence-electron chi connectivity index (χ4n) is 3.06. The molecule has 0 aromatic heterocycles. The molecule has 3 rings (SSSR count). The number of carbonyl (C=O) groups excluding carboxylic acids is 2. The van der Waals surface area contributed by atoms with Gasteiger partial charge in [0.15, 0.2) is 0 Å². The van der Waals surface area contributed by atoms with Crippen LogP contribution in [0.3, 0.4) is 0 Å². The molecule has 106 valence electrons. The van der Waals surface area contributed by atoms with Crippen LogP contribution in [0.5, 0.6) is 0 Å². The van der Waals surface area contributed by atoms with Gasteiger partial charge in [0, 0.05) is 32.2 Å². The molecule has 3 fully saturated rings. The lowest BCUT2D eigenvalue weighted by Crippen LogP contribution is -2.59. The molecule has 0 saturated carbocycles. The Morgan fingerprint density at radius 2 is 2.32 bits per heavy atom. The van der Waals surface area contributed by atoms with Gasteiger partial charge in [0.05, 0.1) is 24.7 Å². The highest BCUT2D eigenvalue weighted by Gasteiger charge is 2.48. The number of amides is 3. The largest absolute Gasteiger partial charge is 0.379 e. The molecule has 3 atom stereocenters. The van der Waals surface area contributed by atoms with E-state index < -0.39 is 5.41 Å². The van der Waals surface area contributed by atoms with Gasteiger partial charge in [-0.3, -0.25) is 4.79 Å². The molecule has 0 aromatic rings. The molecule has 0 aliphatic carbocycles. The molecule has 3 amide bonds. The second kappa shape index (κ2) is 4.35. The number of nitrogens with one attached hydrogen (secondary N) is 1. The van der Waals surface area contributed by atoms with Gasteiger partial charge in [0.1, 0.15) is 0 Å². The predicted octanol–water partition coefficient (Wildman–Crippen LogP) is -1.41. The summed E-state index contributed by atoms with van der Waals surface area (Å²) >= 11 is 0. The summed E-state index contributed by atoms with van der Waals surface area (Å²) in [4.78, 5) is 27.8. The van der Waals surface area contributed by atoms with Crippen molar-refractivity contribution in [1.82, 2.24) is 15.1 Å². The van der Waals surface area contributed by atoms with Gasteiger partial charge in [-0.2, -0.15) is 0 Å². The van der Waals surface area contributed by atoms with Crippen molar-refractivity contribution in [3.05, 3.63) is 0 Å².